The Morgan fingerprint density at radius 2 is 1.89 bits per heavy atom. The van der Waals surface area contributed by atoms with Crippen LogP contribution in [0.3, 0.4) is 0 Å². The van der Waals surface area contributed by atoms with E-state index in [1.165, 1.54) is 4.31 Å². The van der Waals surface area contributed by atoms with Crippen LogP contribution in [0.1, 0.15) is 29.5 Å². The van der Waals surface area contributed by atoms with Crippen LogP contribution in [0.25, 0.3) is 0 Å². The average molecular weight is 282 g/mol. The molecule has 4 nitrogen and oxygen atoms in total. The molecular formula is C14H22N2O2S. The second-order valence-corrected chi connectivity index (χ2v) is 7.49. The average Bonchev–Trinajstić information content (AvgIpc) is 3.12. The zero-order valence-electron chi connectivity index (χ0n) is 11.8. The van der Waals surface area contributed by atoms with Crippen molar-refractivity contribution in [3.8, 4) is 0 Å². The minimum atomic E-state index is -3.40. The van der Waals surface area contributed by atoms with Crippen molar-refractivity contribution in [2.75, 3.05) is 13.6 Å². The van der Waals surface area contributed by atoms with Crippen molar-refractivity contribution < 1.29 is 8.42 Å². The number of aryl methyl sites for hydroxylation is 2. The standard InChI is InChI=1S/C14H22N2O2S/c1-10-6-11(2)14(7-13(10)8-15)19(17,18)16(3)9-12-4-5-12/h6-7,12H,4-5,8-9,15H2,1-3H3. The summed E-state index contributed by atoms with van der Waals surface area (Å²) < 4.78 is 26.6. The van der Waals surface area contributed by atoms with E-state index in [2.05, 4.69) is 0 Å². The second-order valence-electron chi connectivity index (χ2n) is 5.48. The number of rotatable bonds is 5. The molecule has 1 saturated carbocycles. The summed E-state index contributed by atoms with van der Waals surface area (Å²) in [5.74, 6) is 0.541. The Bertz CT molecular complexity index is 577. The van der Waals surface area contributed by atoms with Gasteiger partial charge in [0.25, 0.3) is 0 Å². The molecule has 0 saturated heterocycles. The molecule has 0 aliphatic heterocycles. The molecule has 0 atom stereocenters. The van der Waals surface area contributed by atoms with E-state index in [1.54, 1.807) is 13.1 Å². The van der Waals surface area contributed by atoms with Gasteiger partial charge in [0.1, 0.15) is 0 Å². The number of hydrogen-bond donors (Lipinski definition) is 1. The van der Waals surface area contributed by atoms with E-state index in [0.717, 1.165) is 29.5 Å². The monoisotopic (exact) mass is 282 g/mol. The number of nitrogens with zero attached hydrogens (tertiary/aromatic N) is 1. The number of hydrogen-bond acceptors (Lipinski definition) is 3. The Balaban J connectivity index is 2.38. The van der Waals surface area contributed by atoms with Crippen LogP contribution in [-0.4, -0.2) is 26.3 Å². The lowest BCUT2D eigenvalue weighted by Gasteiger charge is -2.19. The summed E-state index contributed by atoms with van der Waals surface area (Å²) in [6, 6.07) is 3.63. The van der Waals surface area contributed by atoms with Crippen LogP contribution in [0.4, 0.5) is 0 Å². The van der Waals surface area contributed by atoms with E-state index in [1.807, 2.05) is 19.9 Å². The van der Waals surface area contributed by atoms with Crippen molar-refractivity contribution in [3.05, 3.63) is 28.8 Å². The number of sulfonamides is 1. The summed E-state index contributed by atoms with van der Waals surface area (Å²) in [5, 5.41) is 0. The Morgan fingerprint density at radius 3 is 2.42 bits per heavy atom. The van der Waals surface area contributed by atoms with Crippen molar-refractivity contribution >= 4 is 10.0 Å². The molecule has 0 amide bonds. The molecule has 1 aliphatic carbocycles. The van der Waals surface area contributed by atoms with Gasteiger partial charge in [-0.1, -0.05) is 6.07 Å². The molecule has 0 radical (unpaired) electrons. The predicted molar refractivity (Wildman–Crippen MR) is 76.3 cm³/mol. The first kappa shape index (κ1) is 14.5. The molecule has 1 aliphatic rings. The molecule has 0 aromatic heterocycles. The van der Waals surface area contributed by atoms with Crippen molar-refractivity contribution in [2.45, 2.75) is 38.1 Å². The largest absolute Gasteiger partial charge is 0.326 e. The van der Waals surface area contributed by atoms with Crippen LogP contribution in [0, 0.1) is 19.8 Å². The maximum Gasteiger partial charge on any atom is 0.243 e. The van der Waals surface area contributed by atoms with Crippen LogP contribution < -0.4 is 5.73 Å². The molecule has 0 unspecified atom stereocenters. The minimum absolute atomic E-state index is 0.362. The molecule has 1 aromatic carbocycles. The third-order valence-electron chi connectivity index (χ3n) is 3.75. The topological polar surface area (TPSA) is 63.4 Å². The normalized spacial score (nSPS) is 16.1. The van der Waals surface area contributed by atoms with Crippen LogP contribution in [-0.2, 0) is 16.6 Å². The Morgan fingerprint density at radius 1 is 1.26 bits per heavy atom. The summed E-state index contributed by atoms with van der Waals surface area (Å²) in [6.07, 6.45) is 2.28. The van der Waals surface area contributed by atoms with Gasteiger partial charge in [-0.15, -0.1) is 0 Å². The summed E-state index contributed by atoms with van der Waals surface area (Å²) in [4.78, 5) is 0.390. The third-order valence-corrected chi connectivity index (χ3v) is 5.72. The SMILES string of the molecule is Cc1cc(C)c(S(=O)(=O)N(C)CC2CC2)cc1CN. The maximum atomic E-state index is 12.6. The minimum Gasteiger partial charge on any atom is -0.326 e. The highest BCUT2D eigenvalue weighted by atomic mass is 32.2. The highest BCUT2D eigenvalue weighted by molar-refractivity contribution is 7.89. The predicted octanol–water partition coefficient (Wildman–Crippen LogP) is 1.79. The molecule has 2 rings (SSSR count). The van der Waals surface area contributed by atoms with E-state index in [0.29, 0.717) is 23.9 Å². The number of benzene rings is 1. The molecule has 1 aromatic rings. The van der Waals surface area contributed by atoms with E-state index in [9.17, 15) is 8.42 Å². The molecule has 1 fully saturated rings. The van der Waals surface area contributed by atoms with E-state index < -0.39 is 10.0 Å². The molecule has 0 heterocycles. The van der Waals surface area contributed by atoms with Gasteiger partial charge in [0.05, 0.1) is 4.90 Å². The van der Waals surface area contributed by atoms with Gasteiger partial charge < -0.3 is 5.73 Å². The summed E-state index contributed by atoms with van der Waals surface area (Å²) in [7, 11) is -1.73. The van der Waals surface area contributed by atoms with Gasteiger partial charge in [0.2, 0.25) is 10.0 Å². The van der Waals surface area contributed by atoms with Gasteiger partial charge in [-0.3, -0.25) is 0 Å². The Hall–Kier alpha value is -0.910. The van der Waals surface area contributed by atoms with Crippen molar-refractivity contribution in [1.29, 1.82) is 0 Å². The first-order valence-electron chi connectivity index (χ1n) is 6.62. The van der Waals surface area contributed by atoms with Gasteiger partial charge in [-0.05, 0) is 55.4 Å². The molecular weight excluding hydrogens is 260 g/mol. The Labute approximate surface area is 115 Å². The summed E-state index contributed by atoms with van der Waals surface area (Å²) >= 11 is 0. The molecule has 5 heteroatoms. The molecule has 2 N–H and O–H groups in total. The molecule has 19 heavy (non-hydrogen) atoms. The lowest BCUT2D eigenvalue weighted by molar-refractivity contribution is 0.452. The number of nitrogens with two attached hydrogens (primary N) is 1. The zero-order valence-corrected chi connectivity index (χ0v) is 12.6. The molecule has 0 bridgehead atoms. The van der Waals surface area contributed by atoms with Crippen LogP contribution in [0.2, 0.25) is 0 Å². The summed E-state index contributed by atoms with van der Waals surface area (Å²) in [6.45, 7) is 4.78. The van der Waals surface area contributed by atoms with E-state index in [-0.39, 0.29) is 0 Å². The zero-order chi connectivity index (χ0) is 14.2. The second kappa shape index (κ2) is 5.23. The fourth-order valence-electron chi connectivity index (χ4n) is 2.30. The van der Waals surface area contributed by atoms with Gasteiger partial charge in [0.15, 0.2) is 0 Å². The fourth-order valence-corrected chi connectivity index (χ4v) is 3.80. The van der Waals surface area contributed by atoms with Crippen molar-refractivity contribution in [1.82, 2.24) is 4.31 Å². The van der Waals surface area contributed by atoms with Gasteiger partial charge in [-0.2, -0.15) is 0 Å². The van der Waals surface area contributed by atoms with Crippen molar-refractivity contribution in [2.24, 2.45) is 11.7 Å². The fraction of sp³-hybridized carbons (Fsp3) is 0.571. The quantitative estimate of drug-likeness (QED) is 0.895. The highest BCUT2D eigenvalue weighted by Crippen LogP contribution is 2.31. The third kappa shape index (κ3) is 2.99. The highest BCUT2D eigenvalue weighted by Gasteiger charge is 2.30. The molecule has 0 spiro atoms. The first-order valence-corrected chi connectivity index (χ1v) is 8.06. The van der Waals surface area contributed by atoms with E-state index in [4.69, 9.17) is 5.73 Å². The maximum absolute atomic E-state index is 12.6. The van der Waals surface area contributed by atoms with Crippen LogP contribution in [0.5, 0.6) is 0 Å². The van der Waals surface area contributed by atoms with Gasteiger partial charge in [-0.25, -0.2) is 12.7 Å². The van der Waals surface area contributed by atoms with Crippen molar-refractivity contribution in [3.63, 3.8) is 0 Å². The van der Waals surface area contributed by atoms with E-state index >= 15 is 0 Å². The molecule has 106 valence electrons. The van der Waals surface area contributed by atoms with Crippen LogP contribution >= 0.6 is 0 Å². The van der Waals surface area contributed by atoms with Gasteiger partial charge in [0, 0.05) is 20.1 Å². The van der Waals surface area contributed by atoms with Crippen LogP contribution in [0.15, 0.2) is 17.0 Å². The smallest absolute Gasteiger partial charge is 0.243 e. The van der Waals surface area contributed by atoms with Gasteiger partial charge >= 0.3 is 0 Å². The summed E-state index contributed by atoms with van der Waals surface area (Å²) in [5.41, 5.74) is 8.40. The lowest BCUT2D eigenvalue weighted by Crippen LogP contribution is -2.29. The lowest BCUT2D eigenvalue weighted by atomic mass is 10.1. The first-order chi connectivity index (χ1) is 8.86. The Kier molecular flexibility index (Phi) is 3.99.